The zero-order valence-electron chi connectivity index (χ0n) is 5.02. The lowest BCUT2D eigenvalue weighted by Gasteiger charge is -2.01. The maximum atomic E-state index is 8.42. The van der Waals surface area contributed by atoms with Crippen LogP contribution in [0.1, 0.15) is 12.8 Å². The van der Waals surface area contributed by atoms with Crippen molar-refractivity contribution in [3.63, 3.8) is 0 Å². The Morgan fingerprint density at radius 3 is 2.50 bits per heavy atom. The van der Waals surface area contributed by atoms with Crippen LogP contribution in [0, 0.1) is 17.2 Å². The molecule has 0 aromatic carbocycles. The minimum Gasteiger partial charge on any atom is -0.305 e. The van der Waals surface area contributed by atoms with E-state index in [1.54, 1.807) is 0 Å². The zero-order chi connectivity index (χ0) is 5.98. The number of nitrogens with one attached hydrogen (secondary N) is 1. The molecule has 0 aromatic rings. The van der Waals surface area contributed by atoms with E-state index < -0.39 is 0 Å². The Kier molecular flexibility index (Phi) is 1.50. The van der Waals surface area contributed by atoms with Gasteiger partial charge in [0.05, 0.1) is 12.1 Å². The van der Waals surface area contributed by atoms with Gasteiger partial charge in [0.2, 0.25) is 0 Å². The number of hydrogen-bond acceptors (Lipinski definition) is 2. The van der Waals surface area contributed by atoms with Crippen molar-refractivity contribution in [3.05, 3.63) is 0 Å². The summed E-state index contributed by atoms with van der Waals surface area (Å²) >= 11 is 0. The first-order chi connectivity index (χ1) is 3.88. The third kappa shape index (κ3) is 0.988. The standard InChI is InChI=1S/C6H10N2/c1-8-6(4-7)5-2-3-5/h5-6,8H,2-3H2,1H3/t6-/m1/s1. The summed E-state index contributed by atoms with van der Waals surface area (Å²) in [6, 6.07) is 2.32. The average Bonchev–Trinajstić information content (AvgIpc) is 2.53. The molecule has 1 rings (SSSR count). The van der Waals surface area contributed by atoms with E-state index in [1.807, 2.05) is 7.05 Å². The van der Waals surface area contributed by atoms with Crippen molar-refractivity contribution in [2.45, 2.75) is 18.9 Å². The number of rotatable bonds is 2. The molecule has 0 aromatic heterocycles. The maximum absolute atomic E-state index is 8.42. The summed E-state index contributed by atoms with van der Waals surface area (Å²) in [5.74, 6) is 0.657. The van der Waals surface area contributed by atoms with Crippen molar-refractivity contribution < 1.29 is 0 Å². The predicted molar refractivity (Wildman–Crippen MR) is 31.2 cm³/mol. The second kappa shape index (κ2) is 2.15. The first kappa shape index (κ1) is 5.58. The molecule has 1 atom stereocenters. The van der Waals surface area contributed by atoms with Gasteiger partial charge >= 0.3 is 0 Å². The molecule has 0 heterocycles. The molecule has 0 unspecified atom stereocenters. The van der Waals surface area contributed by atoms with Crippen molar-refractivity contribution in [3.8, 4) is 6.07 Å². The van der Waals surface area contributed by atoms with Crippen LogP contribution in [0.3, 0.4) is 0 Å². The van der Waals surface area contributed by atoms with Gasteiger partial charge in [-0.15, -0.1) is 0 Å². The SMILES string of the molecule is CN[C@H](C#N)C1CC1. The quantitative estimate of drug-likeness (QED) is 0.562. The summed E-state index contributed by atoms with van der Waals surface area (Å²) in [5.41, 5.74) is 0. The Hall–Kier alpha value is -0.550. The molecule has 1 aliphatic rings. The number of hydrogen-bond donors (Lipinski definition) is 1. The van der Waals surface area contributed by atoms with Gasteiger partial charge in [0.25, 0.3) is 0 Å². The number of nitriles is 1. The van der Waals surface area contributed by atoms with E-state index in [9.17, 15) is 0 Å². The fraction of sp³-hybridized carbons (Fsp3) is 0.833. The summed E-state index contributed by atoms with van der Waals surface area (Å²) in [4.78, 5) is 0. The van der Waals surface area contributed by atoms with E-state index in [0.29, 0.717) is 5.92 Å². The van der Waals surface area contributed by atoms with Crippen LogP contribution in [0.2, 0.25) is 0 Å². The van der Waals surface area contributed by atoms with Crippen LogP contribution in [0.15, 0.2) is 0 Å². The molecule has 44 valence electrons. The molecule has 0 bridgehead atoms. The van der Waals surface area contributed by atoms with Crippen molar-refractivity contribution in [1.29, 1.82) is 5.26 Å². The second-order valence-corrected chi connectivity index (χ2v) is 2.23. The van der Waals surface area contributed by atoms with E-state index in [4.69, 9.17) is 5.26 Å². The molecule has 2 nitrogen and oxygen atoms in total. The van der Waals surface area contributed by atoms with Gasteiger partial charge in [-0.3, -0.25) is 0 Å². The lowest BCUT2D eigenvalue weighted by molar-refractivity contribution is 0.608. The largest absolute Gasteiger partial charge is 0.305 e. The molecular formula is C6H10N2. The van der Waals surface area contributed by atoms with Gasteiger partial charge in [0.15, 0.2) is 0 Å². The lowest BCUT2D eigenvalue weighted by atomic mass is 10.2. The third-order valence-corrected chi connectivity index (χ3v) is 1.54. The van der Waals surface area contributed by atoms with Crippen molar-refractivity contribution in [1.82, 2.24) is 5.32 Å². The first-order valence-corrected chi connectivity index (χ1v) is 2.95. The molecule has 1 fully saturated rings. The molecule has 0 spiro atoms. The van der Waals surface area contributed by atoms with E-state index in [2.05, 4.69) is 11.4 Å². The maximum Gasteiger partial charge on any atom is 0.0979 e. The Morgan fingerprint density at radius 2 is 2.38 bits per heavy atom. The van der Waals surface area contributed by atoms with E-state index in [0.717, 1.165) is 0 Å². The normalized spacial score (nSPS) is 22.0. The average molecular weight is 110 g/mol. The van der Waals surface area contributed by atoms with Crippen LogP contribution >= 0.6 is 0 Å². The molecule has 0 amide bonds. The zero-order valence-corrected chi connectivity index (χ0v) is 5.02. The third-order valence-electron chi connectivity index (χ3n) is 1.54. The minimum absolute atomic E-state index is 0.120. The van der Waals surface area contributed by atoms with Crippen LogP contribution in [0.25, 0.3) is 0 Å². The summed E-state index contributed by atoms with van der Waals surface area (Å²) in [6.45, 7) is 0. The van der Waals surface area contributed by atoms with Gasteiger partial charge in [-0.05, 0) is 25.8 Å². The van der Waals surface area contributed by atoms with E-state index in [-0.39, 0.29) is 6.04 Å². The molecule has 0 saturated heterocycles. The van der Waals surface area contributed by atoms with Gasteiger partial charge < -0.3 is 5.32 Å². The highest BCUT2D eigenvalue weighted by Crippen LogP contribution is 2.31. The molecule has 1 saturated carbocycles. The Balaban J connectivity index is 2.29. The molecule has 2 heteroatoms. The second-order valence-electron chi connectivity index (χ2n) is 2.23. The molecule has 1 aliphatic carbocycles. The highest BCUT2D eigenvalue weighted by molar-refractivity contribution is 4.99. The van der Waals surface area contributed by atoms with Gasteiger partial charge in [0, 0.05) is 0 Å². The summed E-state index contributed by atoms with van der Waals surface area (Å²) in [5, 5.41) is 11.4. The molecule has 0 aliphatic heterocycles. The molecule has 8 heavy (non-hydrogen) atoms. The van der Waals surface area contributed by atoms with Gasteiger partial charge in [-0.1, -0.05) is 0 Å². The van der Waals surface area contributed by atoms with Crippen molar-refractivity contribution >= 4 is 0 Å². The molecular weight excluding hydrogens is 100 g/mol. The molecule has 0 radical (unpaired) electrons. The van der Waals surface area contributed by atoms with Crippen molar-refractivity contribution in [2.24, 2.45) is 5.92 Å². The van der Waals surface area contributed by atoms with Crippen LogP contribution < -0.4 is 5.32 Å². The van der Waals surface area contributed by atoms with E-state index >= 15 is 0 Å². The van der Waals surface area contributed by atoms with Crippen LogP contribution in [-0.4, -0.2) is 13.1 Å². The lowest BCUT2D eigenvalue weighted by Crippen LogP contribution is -2.24. The Bertz CT molecular complexity index is 110. The van der Waals surface area contributed by atoms with Crippen molar-refractivity contribution in [2.75, 3.05) is 7.05 Å². The monoisotopic (exact) mass is 110 g/mol. The van der Waals surface area contributed by atoms with E-state index in [1.165, 1.54) is 12.8 Å². The first-order valence-electron chi connectivity index (χ1n) is 2.95. The van der Waals surface area contributed by atoms with Crippen LogP contribution in [-0.2, 0) is 0 Å². The Morgan fingerprint density at radius 1 is 1.75 bits per heavy atom. The summed E-state index contributed by atoms with van der Waals surface area (Å²) < 4.78 is 0. The summed E-state index contributed by atoms with van der Waals surface area (Å²) in [7, 11) is 1.84. The molecule has 1 N–H and O–H groups in total. The topological polar surface area (TPSA) is 35.8 Å². The highest BCUT2D eigenvalue weighted by atomic mass is 14.9. The number of nitrogens with zero attached hydrogens (tertiary/aromatic N) is 1. The van der Waals surface area contributed by atoms with Crippen LogP contribution in [0.5, 0.6) is 0 Å². The minimum atomic E-state index is 0.120. The summed E-state index contributed by atoms with van der Waals surface area (Å²) in [6.07, 6.45) is 2.47. The highest BCUT2D eigenvalue weighted by Gasteiger charge is 2.29. The van der Waals surface area contributed by atoms with Crippen LogP contribution in [0.4, 0.5) is 0 Å². The van der Waals surface area contributed by atoms with Gasteiger partial charge in [-0.25, -0.2) is 0 Å². The predicted octanol–water partition coefficient (Wildman–Crippen LogP) is 0.508. The fourth-order valence-electron chi connectivity index (χ4n) is 0.835. The fourth-order valence-corrected chi connectivity index (χ4v) is 0.835. The van der Waals surface area contributed by atoms with Gasteiger partial charge in [0.1, 0.15) is 0 Å². The van der Waals surface area contributed by atoms with Gasteiger partial charge in [-0.2, -0.15) is 5.26 Å². The Labute approximate surface area is 49.5 Å². The smallest absolute Gasteiger partial charge is 0.0979 e.